The molecule has 3 aromatic carbocycles. The number of aromatic nitrogens is 4. The first-order valence-electron chi connectivity index (χ1n) is 12.8. The number of alkyl halides is 1. The number of carbonyl (C=O) groups excluding carboxylic acids is 1. The van der Waals surface area contributed by atoms with Gasteiger partial charge in [0.05, 0.1) is 12.2 Å². The second kappa shape index (κ2) is 13.6. The maximum atomic E-state index is 12.9. The summed E-state index contributed by atoms with van der Waals surface area (Å²) in [6, 6.07) is 21.7. The van der Waals surface area contributed by atoms with Crippen molar-refractivity contribution in [3.8, 4) is 22.6 Å². The first kappa shape index (κ1) is 27.1. The smallest absolute Gasteiger partial charge is 0.255 e. The van der Waals surface area contributed by atoms with Gasteiger partial charge in [-0.05, 0) is 66.3 Å². The highest BCUT2D eigenvalue weighted by molar-refractivity contribution is 6.17. The van der Waals surface area contributed by atoms with Crippen LogP contribution in [0.25, 0.3) is 11.1 Å². The predicted octanol–water partition coefficient (Wildman–Crippen LogP) is 5.90. The van der Waals surface area contributed by atoms with Crippen molar-refractivity contribution in [3.05, 3.63) is 89.2 Å². The fourth-order valence-corrected chi connectivity index (χ4v) is 4.06. The summed E-state index contributed by atoms with van der Waals surface area (Å²) < 4.78 is 11.7. The lowest BCUT2D eigenvalue weighted by Crippen LogP contribution is -2.26. The second-order valence-corrected chi connectivity index (χ2v) is 9.19. The summed E-state index contributed by atoms with van der Waals surface area (Å²) in [5.41, 5.74) is 4.73. The average Bonchev–Trinajstić information content (AvgIpc) is 3.50. The van der Waals surface area contributed by atoms with E-state index in [0.717, 1.165) is 40.8 Å². The number of H-pyrrole nitrogens is 1. The topological polar surface area (TPSA) is 102 Å². The maximum absolute atomic E-state index is 12.9. The summed E-state index contributed by atoms with van der Waals surface area (Å²) in [5.74, 6) is 2.02. The minimum Gasteiger partial charge on any atom is -0.493 e. The van der Waals surface area contributed by atoms with Crippen LogP contribution in [-0.2, 0) is 12.3 Å². The molecule has 1 amide bonds. The van der Waals surface area contributed by atoms with Crippen LogP contribution in [0.3, 0.4) is 0 Å². The number of halogens is 1. The van der Waals surface area contributed by atoms with E-state index in [1.54, 1.807) is 6.07 Å². The number of ether oxygens (including phenoxy) is 2. The van der Waals surface area contributed by atoms with Gasteiger partial charge in [0.1, 0.15) is 11.5 Å². The molecule has 0 aliphatic rings. The Kier molecular flexibility index (Phi) is 9.70. The maximum Gasteiger partial charge on any atom is 0.255 e. The normalized spacial score (nSPS) is 11.7. The lowest BCUT2D eigenvalue weighted by Gasteiger charge is -2.13. The van der Waals surface area contributed by atoms with Gasteiger partial charge < -0.3 is 14.8 Å². The number of unbranched alkanes of at least 4 members (excludes halogenated alkanes) is 1. The minimum atomic E-state index is -0.302. The van der Waals surface area contributed by atoms with Gasteiger partial charge >= 0.3 is 0 Å². The second-order valence-electron chi connectivity index (χ2n) is 8.92. The first-order valence-corrected chi connectivity index (χ1v) is 13.3. The molecule has 0 fully saturated rings. The molecule has 0 aliphatic heterocycles. The largest absolute Gasteiger partial charge is 0.493 e. The highest BCUT2D eigenvalue weighted by Gasteiger charge is 2.14. The van der Waals surface area contributed by atoms with E-state index in [2.05, 4.69) is 57.1 Å². The van der Waals surface area contributed by atoms with Crippen molar-refractivity contribution in [1.82, 2.24) is 25.9 Å². The Morgan fingerprint density at radius 3 is 2.39 bits per heavy atom. The summed E-state index contributed by atoms with van der Waals surface area (Å²) in [5, 5.41) is 16.9. The number of nitrogens with zero attached hydrogens (tertiary/aromatic N) is 3. The van der Waals surface area contributed by atoms with Gasteiger partial charge in [-0.15, -0.1) is 21.8 Å². The quantitative estimate of drug-likeness (QED) is 0.164. The zero-order chi connectivity index (χ0) is 26.7. The van der Waals surface area contributed by atoms with E-state index in [4.69, 9.17) is 21.1 Å². The standard InChI is InChI=1S/C29H32ClN5O3/c1-3-4-17-37-27-14-7-22(19-30)18-26(27)29(36)31-16-15-21-5-8-23(9-6-21)24-10-12-25(13-11-24)38-20(2)28-32-34-35-33-28/h5-14,18,20H,3-4,15-17,19H2,1-2H3,(H,31,36)(H,32,33,34,35). The summed E-state index contributed by atoms with van der Waals surface area (Å²) in [7, 11) is 0. The number of hydrogen-bond donors (Lipinski definition) is 2. The molecule has 8 nitrogen and oxygen atoms in total. The zero-order valence-corrected chi connectivity index (χ0v) is 22.4. The van der Waals surface area contributed by atoms with Crippen molar-refractivity contribution >= 4 is 17.5 Å². The monoisotopic (exact) mass is 533 g/mol. The van der Waals surface area contributed by atoms with Crippen LogP contribution in [0.1, 0.15) is 60.1 Å². The summed E-state index contributed by atoms with van der Waals surface area (Å²) in [4.78, 5) is 12.9. The van der Waals surface area contributed by atoms with Crippen molar-refractivity contribution in [3.63, 3.8) is 0 Å². The molecule has 9 heteroatoms. The molecule has 198 valence electrons. The van der Waals surface area contributed by atoms with E-state index in [-0.39, 0.29) is 12.0 Å². The SMILES string of the molecule is CCCCOc1ccc(CCl)cc1C(=O)NCCc1ccc(-c2ccc(OC(C)c3nn[nH]n3)cc2)cc1. The molecule has 0 aliphatic carbocycles. The van der Waals surface area contributed by atoms with Crippen LogP contribution in [0.15, 0.2) is 66.7 Å². The number of aromatic amines is 1. The van der Waals surface area contributed by atoms with E-state index < -0.39 is 0 Å². The third kappa shape index (κ3) is 7.32. The average molecular weight is 534 g/mol. The lowest BCUT2D eigenvalue weighted by atomic mass is 10.0. The van der Waals surface area contributed by atoms with Crippen molar-refractivity contribution in [1.29, 1.82) is 0 Å². The molecular weight excluding hydrogens is 502 g/mol. The van der Waals surface area contributed by atoms with Gasteiger partial charge in [0.15, 0.2) is 6.10 Å². The molecule has 0 radical (unpaired) electrons. The van der Waals surface area contributed by atoms with Crippen LogP contribution in [0.4, 0.5) is 0 Å². The van der Waals surface area contributed by atoms with Gasteiger partial charge in [0.2, 0.25) is 5.82 Å². The minimum absolute atomic E-state index is 0.156. The Labute approximate surface area is 227 Å². The number of hydrogen-bond acceptors (Lipinski definition) is 6. The van der Waals surface area contributed by atoms with E-state index in [0.29, 0.717) is 42.6 Å². The number of benzene rings is 3. The van der Waals surface area contributed by atoms with Crippen LogP contribution < -0.4 is 14.8 Å². The number of amides is 1. The van der Waals surface area contributed by atoms with Gasteiger partial charge in [0, 0.05) is 12.4 Å². The molecule has 0 saturated heterocycles. The molecule has 1 aromatic heterocycles. The Morgan fingerprint density at radius 2 is 1.74 bits per heavy atom. The fourth-order valence-electron chi connectivity index (χ4n) is 3.89. The Hall–Kier alpha value is -3.91. The van der Waals surface area contributed by atoms with Crippen LogP contribution >= 0.6 is 11.6 Å². The highest BCUT2D eigenvalue weighted by atomic mass is 35.5. The van der Waals surface area contributed by atoms with Gasteiger partial charge in [-0.25, -0.2) is 0 Å². The summed E-state index contributed by atoms with van der Waals surface area (Å²) in [6.07, 6.45) is 2.38. The molecule has 4 aromatic rings. The third-order valence-electron chi connectivity index (χ3n) is 6.08. The van der Waals surface area contributed by atoms with E-state index >= 15 is 0 Å². The van der Waals surface area contributed by atoms with Crippen LogP contribution in [0, 0.1) is 0 Å². The molecule has 38 heavy (non-hydrogen) atoms. The molecule has 0 spiro atoms. The predicted molar refractivity (Wildman–Crippen MR) is 148 cm³/mol. The van der Waals surface area contributed by atoms with Crippen molar-refractivity contribution in [2.24, 2.45) is 0 Å². The number of rotatable bonds is 13. The van der Waals surface area contributed by atoms with Gasteiger partial charge in [0.25, 0.3) is 5.91 Å². The molecular formula is C29H32ClN5O3. The Balaban J connectivity index is 1.30. The number of carbonyl (C=O) groups is 1. The van der Waals surface area contributed by atoms with E-state index in [9.17, 15) is 4.79 Å². The van der Waals surface area contributed by atoms with E-state index in [1.807, 2.05) is 43.3 Å². The molecule has 0 bridgehead atoms. The number of nitrogens with one attached hydrogen (secondary N) is 2. The molecule has 1 atom stereocenters. The summed E-state index contributed by atoms with van der Waals surface area (Å²) >= 11 is 5.98. The van der Waals surface area contributed by atoms with Crippen LogP contribution in [0.5, 0.6) is 11.5 Å². The fraction of sp³-hybridized carbons (Fsp3) is 0.310. The van der Waals surface area contributed by atoms with Gasteiger partial charge in [-0.3, -0.25) is 4.79 Å². The van der Waals surface area contributed by atoms with Crippen molar-refractivity contribution in [2.45, 2.75) is 45.1 Å². The van der Waals surface area contributed by atoms with Crippen LogP contribution in [0.2, 0.25) is 0 Å². The molecule has 1 heterocycles. The molecule has 2 N–H and O–H groups in total. The molecule has 0 saturated carbocycles. The molecule has 1 unspecified atom stereocenters. The zero-order valence-electron chi connectivity index (χ0n) is 21.6. The summed E-state index contributed by atoms with van der Waals surface area (Å²) in [6.45, 7) is 5.07. The van der Waals surface area contributed by atoms with E-state index in [1.165, 1.54) is 0 Å². The lowest BCUT2D eigenvalue weighted by molar-refractivity contribution is 0.0950. The number of tetrazole rings is 1. The van der Waals surface area contributed by atoms with Gasteiger partial charge in [-0.1, -0.05) is 61.0 Å². The first-order chi connectivity index (χ1) is 18.6. The highest BCUT2D eigenvalue weighted by Crippen LogP contribution is 2.25. The third-order valence-corrected chi connectivity index (χ3v) is 6.39. The Bertz CT molecular complexity index is 1300. The van der Waals surface area contributed by atoms with Gasteiger partial charge in [-0.2, -0.15) is 5.21 Å². The molecule has 4 rings (SSSR count). The van der Waals surface area contributed by atoms with Crippen molar-refractivity contribution < 1.29 is 14.3 Å². The Morgan fingerprint density at radius 1 is 1.03 bits per heavy atom. The van der Waals surface area contributed by atoms with Crippen LogP contribution in [-0.4, -0.2) is 39.7 Å². The van der Waals surface area contributed by atoms with Crippen molar-refractivity contribution in [2.75, 3.05) is 13.2 Å².